The predicted molar refractivity (Wildman–Crippen MR) is 101 cm³/mol. The van der Waals surface area contributed by atoms with Crippen molar-refractivity contribution in [2.24, 2.45) is 0 Å². The number of hydrogen-bond acceptors (Lipinski definition) is 12. The number of phosphoric acid groups is 2. The van der Waals surface area contributed by atoms with Crippen molar-refractivity contribution in [1.29, 1.82) is 0 Å². The minimum Gasteiger partial charge on any atom is -0.387 e. The molecule has 1 aliphatic rings. The molecular weight excluding hydrogens is 510 g/mol. The summed E-state index contributed by atoms with van der Waals surface area (Å²) in [6, 6.07) is 0. The number of anilines is 1. The van der Waals surface area contributed by atoms with Crippen LogP contribution in [0.2, 0.25) is 0 Å². The molecule has 0 amide bonds. The number of nitrogens with zero attached hydrogens (tertiary/aromatic N) is 4. The van der Waals surface area contributed by atoms with Crippen LogP contribution in [-0.2, 0) is 38.8 Å². The number of halogens is 1. The van der Waals surface area contributed by atoms with Crippen molar-refractivity contribution in [3.8, 4) is 0 Å². The van der Waals surface area contributed by atoms with Gasteiger partial charge in [-0.25, -0.2) is 32.8 Å². The molecule has 31 heavy (non-hydrogen) atoms. The van der Waals surface area contributed by atoms with E-state index < -0.39 is 53.6 Å². The highest BCUT2D eigenvalue weighted by atomic mass is 32.5. The lowest BCUT2D eigenvalue weighted by Gasteiger charge is -2.21. The number of hydrogen-bond donors (Lipinski definition) is 6. The summed E-state index contributed by atoms with van der Waals surface area (Å²) in [4.78, 5) is 47.7. The van der Waals surface area contributed by atoms with E-state index in [4.69, 9.17) is 24.8 Å². The van der Waals surface area contributed by atoms with Gasteiger partial charge in [0.15, 0.2) is 23.9 Å². The Balaban J connectivity index is 1.69. The second kappa shape index (κ2) is 8.76. The Bertz CT molecular complexity index is 1110. The first kappa shape index (κ1) is 24.7. The van der Waals surface area contributed by atoms with Crippen molar-refractivity contribution in [3.63, 3.8) is 0 Å². The third-order valence-electron chi connectivity index (χ3n) is 3.77. The molecule has 3 heterocycles. The fraction of sp³-hybridized carbons (Fsp3) is 0.500. The molecule has 1 saturated heterocycles. The molecule has 2 unspecified atom stereocenters. The number of nitrogens with two attached hydrogens (primary N) is 1. The van der Waals surface area contributed by atoms with Crippen LogP contribution < -0.4 is 5.73 Å². The van der Waals surface area contributed by atoms with E-state index >= 15 is 0 Å². The second-order valence-electron chi connectivity index (χ2n) is 5.97. The van der Waals surface area contributed by atoms with E-state index in [0.717, 1.165) is 17.2 Å². The third kappa shape index (κ3) is 5.89. The number of ether oxygens (including phenoxy) is 1. The monoisotopic (exact) mass is 525 g/mol. The van der Waals surface area contributed by atoms with Gasteiger partial charge in [-0.05, 0) is 11.8 Å². The lowest BCUT2D eigenvalue weighted by Crippen LogP contribution is -2.31. The number of nitrogen functional groups attached to an aromatic ring is 1. The molecule has 0 saturated carbocycles. The first-order valence-electron chi connectivity index (χ1n) is 7.88. The van der Waals surface area contributed by atoms with Gasteiger partial charge < -0.3 is 39.7 Å². The number of alkyl halides is 1. The summed E-state index contributed by atoms with van der Waals surface area (Å²) in [7, 11) is -11.0. The number of aliphatic hydroxyl groups excluding tert-OH is 1. The summed E-state index contributed by atoms with van der Waals surface area (Å²) >= 11 is 4.45. The Hall–Kier alpha value is -0.970. The molecule has 0 radical (unpaired) electrons. The van der Waals surface area contributed by atoms with E-state index in [0.29, 0.717) is 0 Å². The molecule has 2 aromatic rings. The zero-order valence-corrected chi connectivity index (χ0v) is 18.4. The van der Waals surface area contributed by atoms with Crippen LogP contribution in [0.5, 0.6) is 0 Å². The topological polar surface area (TPSA) is 242 Å². The number of aromatic nitrogens is 4. The quantitative estimate of drug-likeness (QED) is 0.237. The fourth-order valence-corrected chi connectivity index (χ4v) is 6.56. The SMILES string of the molecule is Nc1ncnc2c1ncn2[C@@H]1O[C@H](CO[P@](O)(=S)OP(=O)(O)OP(=O)(O)O)[C@H](O)C1F. The van der Waals surface area contributed by atoms with Crippen LogP contribution in [0, 0.1) is 0 Å². The molecule has 6 atom stereocenters. The maximum absolute atomic E-state index is 14.6. The molecule has 21 heteroatoms. The van der Waals surface area contributed by atoms with Crippen LogP contribution in [0.25, 0.3) is 11.2 Å². The van der Waals surface area contributed by atoms with E-state index in [1.54, 1.807) is 0 Å². The number of aliphatic hydroxyl groups is 1. The summed E-state index contributed by atoms with van der Waals surface area (Å²) in [6.45, 7) is -5.47. The van der Waals surface area contributed by atoms with Crippen LogP contribution in [-0.4, -0.2) is 69.2 Å². The minimum absolute atomic E-state index is 0.0293. The fourth-order valence-electron chi connectivity index (χ4n) is 2.59. The van der Waals surface area contributed by atoms with Gasteiger partial charge in [-0.15, -0.1) is 0 Å². The molecule has 2 aromatic heterocycles. The Morgan fingerprint density at radius 2 is 1.90 bits per heavy atom. The minimum atomic E-state index is -5.52. The summed E-state index contributed by atoms with van der Waals surface area (Å²) in [6.07, 6.45) is -4.45. The smallest absolute Gasteiger partial charge is 0.387 e. The average Bonchev–Trinajstić information content (AvgIpc) is 3.13. The largest absolute Gasteiger partial charge is 0.488 e. The molecular formula is C10H15FN5O11P3S. The number of imidazole rings is 1. The Morgan fingerprint density at radius 3 is 2.55 bits per heavy atom. The van der Waals surface area contributed by atoms with Crippen molar-refractivity contribution in [3.05, 3.63) is 12.7 Å². The second-order valence-corrected chi connectivity index (χ2v) is 11.8. The van der Waals surface area contributed by atoms with Gasteiger partial charge in [-0.3, -0.25) is 4.57 Å². The van der Waals surface area contributed by atoms with Gasteiger partial charge in [-0.1, -0.05) is 0 Å². The van der Waals surface area contributed by atoms with Crippen LogP contribution in [0.1, 0.15) is 6.23 Å². The highest BCUT2D eigenvalue weighted by molar-refractivity contribution is 8.08. The molecule has 174 valence electrons. The first-order valence-corrected chi connectivity index (χ1v) is 13.5. The van der Waals surface area contributed by atoms with E-state index in [1.807, 2.05) is 0 Å². The van der Waals surface area contributed by atoms with Gasteiger partial charge in [0.05, 0.1) is 12.9 Å². The molecule has 1 aliphatic heterocycles. The van der Waals surface area contributed by atoms with Crippen molar-refractivity contribution in [1.82, 2.24) is 19.5 Å². The zero-order chi connectivity index (χ0) is 23.2. The Morgan fingerprint density at radius 1 is 1.23 bits per heavy atom. The lowest BCUT2D eigenvalue weighted by molar-refractivity contribution is -0.0428. The van der Waals surface area contributed by atoms with Crippen molar-refractivity contribution >= 4 is 51.2 Å². The molecule has 3 rings (SSSR count). The molecule has 7 N–H and O–H groups in total. The van der Waals surface area contributed by atoms with Crippen LogP contribution in [0.4, 0.5) is 10.2 Å². The summed E-state index contributed by atoms with van der Waals surface area (Å²) in [5.41, 5.74) is 5.93. The summed E-state index contributed by atoms with van der Waals surface area (Å²) in [5.74, 6) is 0.0293. The third-order valence-corrected chi connectivity index (χ3v) is 8.49. The number of rotatable bonds is 8. The summed E-state index contributed by atoms with van der Waals surface area (Å²) in [5, 5.41) is 10.1. The highest BCUT2D eigenvalue weighted by Crippen LogP contribution is 2.66. The van der Waals surface area contributed by atoms with E-state index in [2.05, 4.69) is 35.4 Å². The van der Waals surface area contributed by atoms with E-state index in [-0.39, 0.29) is 17.0 Å². The Labute approximate surface area is 176 Å². The van der Waals surface area contributed by atoms with Crippen molar-refractivity contribution < 1.29 is 56.1 Å². The van der Waals surface area contributed by atoms with Gasteiger partial charge in [0.2, 0.25) is 0 Å². The molecule has 0 aliphatic carbocycles. The predicted octanol–water partition coefficient (Wildman–Crippen LogP) is -0.535. The maximum atomic E-state index is 14.6. The first-order chi connectivity index (χ1) is 14.2. The van der Waals surface area contributed by atoms with Crippen molar-refractivity contribution in [2.45, 2.75) is 24.6 Å². The molecule has 0 spiro atoms. The Kier molecular flexibility index (Phi) is 6.97. The van der Waals surface area contributed by atoms with E-state index in [1.165, 1.54) is 0 Å². The average molecular weight is 525 g/mol. The van der Waals surface area contributed by atoms with Gasteiger partial charge in [0, 0.05) is 0 Å². The van der Waals surface area contributed by atoms with Gasteiger partial charge in [0.1, 0.15) is 24.1 Å². The van der Waals surface area contributed by atoms with Crippen LogP contribution in [0.15, 0.2) is 12.7 Å². The van der Waals surface area contributed by atoms with Crippen LogP contribution >= 0.6 is 22.4 Å². The molecule has 0 aromatic carbocycles. The van der Waals surface area contributed by atoms with Crippen molar-refractivity contribution in [2.75, 3.05) is 12.3 Å². The highest BCUT2D eigenvalue weighted by Gasteiger charge is 2.47. The lowest BCUT2D eigenvalue weighted by atomic mass is 10.1. The zero-order valence-electron chi connectivity index (χ0n) is 14.9. The summed E-state index contributed by atoms with van der Waals surface area (Å²) < 4.78 is 55.6. The van der Waals surface area contributed by atoms with E-state index in [9.17, 15) is 28.4 Å². The molecule has 1 fully saturated rings. The number of fused-ring (bicyclic) bond motifs is 1. The maximum Gasteiger partial charge on any atom is 0.488 e. The standard InChI is InChI=1S/C10H15FN5O11P3S/c11-5-7(17)4(1-24-30(23,31)27-29(21,22)26-28(18,19)20)25-10(5)16-3-15-6-8(12)13-2-14-9(6)16/h2-5,7,10,17H,1H2,(H,21,22)(H,23,31)(H2,12,13,14)(H2,18,19,20)/t4-,5?,7+,10-,30+/m1/s1. The molecule has 16 nitrogen and oxygen atoms in total. The van der Waals surface area contributed by atoms with Gasteiger partial charge in [0.25, 0.3) is 0 Å². The van der Waals surface area contributed by atoms with Gasteiger partial charge in [-0.2, -0.15) is 4.31 Å². The molecule has 0 bridgehead atoms. The van der Waals surface area contributed by atoms with Crippen LogP contribution in [0.3, 0.4) is 0 Å². The normalized spacial score (nSPS) is 28.5. The van der Waals surface area contributed by atoms with Gasteiger partial charge >= 0.3 is 22.4 Å².